The van der Waals surface area contributed by atoms with Crippen molar-refractivity contribution in [2.75, 3.05) is 21.3 Å². The largest absolute Gasteiger partial charge is 0.481 e. The summed E-state index contributed by atoms with van der Waals surface area (Å²) in [5, 5.41) is 9.67. The predicted octanol–water partition coefficient (Wildman–Crippen LogP) is 3.23. The van der Waals surface area contributed by atoms with Crippen LogP contribution >= 0.6 is 0 Å². The fourth-order valence-electron chi connectivity index (χ4n) is 2.97. The lowest BCUT2D eigenvalue weighted by Crippen LogP contribution is -2.26. The molecule has 0 saturated carbocycles. The summed E-state index contributed by atoms with van der Waals surface area (Å²) in [5.41, 5.74) is 1.61. The molecule has 2 amide bonds. The van der Waals surface area contributed by atoms with E-state index in [1.807, 2.05) is 30.3 Å². The number of hydrogen-bond donors (Lipinski definition) is 1. The monoisotopic (exact) mass is 436 g/mol. The Morgan fingerprint density at radius 2 is 1.52 bits per heavy atom. The molecule has 0 bridgehead atoms. The Morgan fingerprint density at radius 3 is 1.90 bits per heavy atom. The number of methoxy groups -OCH3 is 1. The van der Waals surface area contributed by atoms with Gasteiger partial charge in [0.05, 0.1) is 20.3 Å². The molecule has 1 heterocycles. The van der Waals surface area contributed by atoms with E-state index < -0.39 is 17.8 Å². The Balaban J connectivity index is 0.000000861. The van der Waals surface area contributed by atoms with Gasteiger partial charge in [-0.05, 0) is 12.0 Å². The number of rotatable bonds is 10. The van der Waals surface area contributed by atoms with E-state index in [0.29, 0.717) is 6.42 Å². The molecule has 1 aliphatic heterocycles. The van der Waals surface area contributed by atoms with E-state index >= 15 is 0 Å². The van der Waals surface area contributed by atoms with Crippen molar-refractivity contribution >= 4 is 23.4 Å². The zero-order chi connectivity index (χ0) is 23.4. The number of carbonyl (C=O) groups is 3. The van der Waals surface area contributed by atoms with Crippen molar-refractivity contribution in [3.05, 3.63) is 41.7 Å². The number of nitrogens with zero attached hydrogens (tertiary/aromatic N) is 2. The topological polar surface area (TPSA) is 106 Å². The molecule has 1 aliphatic rings. The van der Waals surface area contributed by atoms with Crippen molar-refractivity contribution in [2.45, 2.75) is 52.1 Å². The maximum Gasteiger partial charge on any atom is 0.344 e. The molecule has 1 fully saturated rings. The number of benzene rings is 1. The molecule has 1 unspecified atom stereocenters. The van der Waals surface area contributed by atoms with Gasteiger partial charge >= 0.3 is 17.8 Å². The fourth-order valence-corrected chi connectivity index (χ4v) is 2.97. The number of hydroxylamine groups is 4. The zero-order valence-corrected chi connectivity index (χ0v) is 18.8. The molecule has 9 nitrogen and oxygen atoms in total. The summed E-state index contributed by atoms with van der Waals surface area (Å²) >= 11 is 0. The number of amides is 2. The Bertz CT molecular complexity index is 740. The smallest absolute Gasteiger partial charge is 0.344 e. The number of carboxylic acid groups (broad SMARTS) is 1. The summed E-state index contributed by atoms with van der Waals surface area (Å²) in [6.07, 6.45) is 3.63. The molecule has 1 aromatic rings. The van der Waals surface area contributed by atoms with E-state index in [1.165, 1.54) is 14.2 Å². The van der Waals surface area contributed by atoms with E-state index in [1.54, 1.807) is 14.0 Å². The second-order valence-electron chi connectivity index (χ2n) is 6.68. The first-order chi connectivity index (χ1) is 14.9. The molecule has 1 aromatic carbocycles. The molecule has 0 spiro atoms. The van der Waals surface area contributed by atoms with Crippen LogP contribution in [0.1, 0.15) is 51.5 Å². The molecule has 9 heteroatoms. The van der Waals surface area contributed by atoms with Gasteiger partial charge in [0.25, 0.3) is 0 Å². The van der Waals surface area contributed by atoms with Crippen molar-refractivity contribution in [3.8, 4) is 0 Å². The second kappa shape index (κ2) is 13.5. The summed E-state index contributed by atoms with van der Waals surface area (Å²) in [5.74, 6) is -2.06. The lowest BCUT2D eigenvalue weighted by atomic mass is 9.97. The van der Waals surface area contributed by atoms with Gasteiger partial charge in [0, 0.05) is 25.5 Å². The number of carbonyl (C=O) groups excluding carboxylic acids is 2. The molecule has 1 N–H and O–H groups in total. The lowest BCUT2D eigenvalue weighted by molar-refractivity contribution is -0.164. The molecule has 0 aromatic heterocycles. The summed E-state index contributed by atoms with van der Waals surface area (Å²) in [6, 6.07) is 9.55. The normalized spacial score (nSPS) is 14.4. The van der Waals surface area contributed by atoms with Gasteiger partial charge in [-0.25, -0.2) is 0 Å². The SMILES string of the molecule is CCC(=O)O.CCCCC(CC(=C1N(OC)C(=O)C(=O)N1OC)c1ccccc1)OC. The minimum absolute atomic E-state index is 0.0547. The van der Waals surface area contributed by atoms with Gasteiger partial charge in [0.15, 0.2) is 5.82 Å². The summed E-state index contributed by atoms with van der Waals surface area (Å²) in [7, 11) is 4.36. The average Bonchev–Trinajstić information content (AvgIpc) is 3.04. The molecule has 1 atom stereocenters. The van der Waals surface area contributed by atoms with Crippen LogP contribution < -0.4 is 0 Å². The van der Waals surface area contributed by atoms with Crippen molar-refractivity contribution in [1.82, 2.24) is 10.1 Å². The molecule has 2 rings (SSSR count). The molecular weight excluding hydrogens is 404 g/mol. The highest BCUT2D eigenvalue weighted by Crippen LogP contribution is 2.33. The van der Waals surface area contributed by atoms with Crippen LogP contribution in [0.25, 0.3) is 5.57 Å². The molecule has 1 saturated heterocycles. The van der Waals surface area contributed by atoms with Gasteiger partial charge in [-0.15, -0.1) is 0 Å². The van der Waals surface area contributed by atoms with Crippen LogP contribution in [-0.4, -0.2) is 60.4 Å². The standard InChI is InChI=1S/C19H26N2O5.C3H6O2/c1-5-6-12-15(24-2)13-16(14-10-8-7-9-11-14)17-20(25-3)18(22)19(23)21(17)26-4;1-2-3(4)5/h7-11,15H,5-6,12-13H2,1-4H3;2H2,1H3,(H,4,5). The first-order valence-corrected chi connectivity index (χ1v) is 10.2. The maximum atomic E-state index is 12.2. The highest BCUT2D eigenvalue weighted by atomic mass is 16.7. The highest BCUT2D eigenvalue weighted by Gasteiger charge is 2.45. The number of aliphatic carboxylic acids is 1. The molecule has 0 radical (unpaired) electrons. The summed E-state index contributed by atoms with van der Waals surface area (Å²) in [4.78, 5) is 44.2. The minimum atomic E-state index is -0.791. The van der Waals surface area contributed by atoms with E-state index in [0.717, 1.165) is 40.5 Å². The molecular formula is C22H32N2O7. The Hall–Kier alpha value is -2.75. The van der Waals surface area contributed by atoms with Gasteiger partial charge in [0.2, 0.25) is 0 Å². The van der Waals surface area contributed by atoms with Crippen LogP contribution in [0.4, 0.5) is 0 Å². The number of unbranched alkanes of at least 4 members (excludes halogenated alkanes) is 1. The Morgan fingerprint density at radius 1 is 1.00 bits per heavy atom. The van der Waals surface area contributed by atoms with Crippen LogP contribution in [0.5, 0.6) is 0 Å². The van der Waals surface area contributed by atoms with Gasteiger partial charge < -0.3 is 9.84 Å². The molecule has 172 valence electrons. The van der Waals surface area contributed by atoms with Gasteiger partial charge in [-0.1, -0.05) is 57.0 Å². The molecule has 31 heavy (non-hydrogen) atoms. The number of hydrogen-bond acceptors (Lipinski definition) is 6. The molecule has 0 aliphatic carbocycles. The average molecular weight is 437 g/mol. The lowest BCUT2D eigenvalue weighted by Gasteiger charge is -2.24. The van der Waals surface area contributed by atoms with E-state index in [2.05, 4.69) is 6.92 Å². The van der Waals surface area contributed by atoms with Crippen molar-refractivity contribution in [2.24, 2.45) is 0 Å². The van der Waals surface area contributed by atoms with Crippen molar-refractivity contribution in [1.29, 1.82) is 0 Å². The maximum absolute atomic E-state index is 12.2. The summed E-state index contributed by atoms with van der Waals surface area (Å²) < 4.78 is 5.63. The van der Waals surface area contributed by atoms with Crippen LogP contribution in [0.2, 0.25) is 0 Å². The first kappa shape index (κ1) is 26.3. The van der Waals surface area contributed by atoms with Crippen molar-refractivity contribution < 1.29 is 33.9 Å². The van der Waals surface area contributed by atoms with Gasteiger partial charge in [-0.3, -0.25) is 24.1 Å². The number of ether oxygens (including phenoxy) is 1. The predicted molar refractivity (Wildman–Crippen MR) is 114 cm³/mol. The third-order valence-corrected chi connectivity index (χ3v) is 4.64. The van der Waals surface area contributed by atoms with E-state index in [9.17, 15) is 14.4 Å². The van der Waals surface area contributed by atoms with Gasteiger partial charge in [0.1, 0.15) is 0 Å². The Labute approximate surface area is 183 Å². The van der Waals surface area contributed by atoms with Crippen LogP contribution in [-0.2, 0) is 28.8 Å². The van der Waals surface area contributed by atoms with Crippen LogP contribution in [0, 0.1) is 0 Å². The zero-order valence-electron chi connectivity index (χ0n) is 18.8. The van der Waals surface area contributed by atoms with Crippen molar-refractivity contribution in [3.63, 3.8) is 0 Å². The fraction of sp³-hybridized carbons (Fsp3) is 0.500. The third-order valence-electron chi connectivity index (χ3n) is 4.64. The number of carboxylic acids is 1. The first-order valence-electron chi connectivity index (χ1n) is 10.2. The minimum Gasteiger partial charge on any atom is -0.481 e. The van der Waals surface area contributed by atoms with Crippen LogP contribution in [0.15, 0.2) is 36.2 Å². The quantitative estimate of drug-likeness (QED) is 0.561. The Kier molecular flexibility index (Phi) is 11.5. The second-order valence-corrected chi connectivity index (χ2v) is 6.68. The van der Waals surface area contributed by atoms with Gasteiger partial charge in [-0.2, -0.15) is 10.1 Å². The third kappa shape index (κ3) is 7.16. The highest BCUT2D eigenvalue weighted by molar-refractivity contribution is 6.37. The van der Waals surface area contributed by atoms with E-state index in [-0.39, 0.29) is 18.3 Å². The van der Waals surface area contributed by atoms with E-state index in [4.69, 9.17) is 19.5 Å². The van der Waals surface area contributed by atoms with Crippen LogP contribution in [0.3, 0.4) is 0 Å². The summed E-state index contributed by atoms with van der Waals surface area (Å²) in [6.45, 7) is 3.72.